The summed E-state index contributed by atoms with van der Waals surface area (Å²) in [6, 6.07) is 14.2. The summed E-state index contributed by atoms with van der Waals surface area (Å²) >= 11 is 0. The Balaban J connectivity index is 2.15. The molecule has 2 amide bonds. The van der Waals surface area contributed by atoms with Crippen LogP contribution in [0.4, 0.5) is 10.1 Å². The average molecular weight is 478 g/mol. The van der Waals surface area contributed by atoms with Gasteiger partial charge >= 0.3 is 0 Å². The van der Waals surface area contributed by atoms with E-state index in [1.165, 1.54) is 23.1 Å². The van der Waals surface area contributed by atoms with Gasteiger partial charge in [-0.3, -0.25) is 13.9 Å². The maximum absolute atomic E-state index is 14.2. The SMILES string of the molecule is CC(C)NC(=O)[C@@H](C)N(Cc1ccccc1)C(=O)CCCN(c1ccccc1F)S(C)(=O)=O. The summed E-state index contributed by atoms with van der Waals surface area (Å²) in [5.41, 5.74) is 0.817. The maximum Gasteiger partial charge on any atom is 0.242 e. The van der Waals surface area contributed by atoms with Crippen LogP contribution in [-0.4, -0.2) is 50.0 Å². The first-order chi connectivity index (χ1) is 15.5. The van der Waals surface area contributed by atoms with E-state index in [0.29, 0.717) is 0 Å². The van der Waals surface area contributed by atoms with Crippen LogP contribution in [0.3, 0.4) is 0 Å². The first-order valence-electron chi connectivity index (χ1n) is 10.9. The third kappa shape index (κ3) is 7.85. The number of sulfonamides is 1. The Morgan fingerprint density at radius 3 is 2.18 bits per heavy atom. The van der Waals surface area contributed by atoms with Crippen molar-refractivity contribution in [3.63, 3.8) is 0 Å². The van der Waals surface area contributed by atoms with Crippen LogP contribution in [0.25, 0.3) is 0 Å². The number of rotatable bonds is 11. The minimum atomic E-state index is -3.75. The molecule has 9 heteroatoms. The number of carbonyl (C=O) groups excluding carboxylic acids is 2. The third-order valence-corrected chi connectivity index (χ3v) is 6.25. The number of anilines is 1. The number of carbonyl (C=O) groups is 2. The van der Waals surface area contributed by atoms with Crippen LogP contribution in [0, 0.1) is 5.82 Å². The van der Waals surface area contributed by atoms with Crippen molar-refractivity contribution in [2.75, 3.05) is 17.1 Å². The van der Waals surface area contributed by atoms with Crippen LogP contribution >= 0.6 is 0 Å². The highest BCUT2D eigenvalue weighted by atomic mass is 32.2. The highest BCUT2D eigenvalue weighted by Crippen LogP contribution is 2.22. The second kappa shape index (κ2) is 11.8. The van der Waals surface area contributed by atoms with Gasteiger partial charge in [-0.15, -0.1) is 0 Å². The van der Waals surface area contributed by atoms with Crippen molar-refractivity contribution in [3.05, 3.63) is 66.0 Å². The molecule has 2 rings (SSSR count). The second-order valence-corrected chi connectivity index (χ2v) is 10.1. The number of para-hydroxylation sites is 1. The van der Waals surface area contributed by atoms with Gasteiger partial charge in [-0.25, -0.2) is 12.8 Å². The van der Waals surface area contributed by atoms with Crippen LogP contribution in [0.15, 0.2) is 54.6 Å². The zero-order valence-electron chi connectivity index (χ0n) is 19.5. The molecule has 0 heterocycles. The Bertz CT molecular complexity index is 1040. The van der Waals surface area contributed by atoms with Gasteiger partial charge in [0.2, 0.25) is 21.8 Å². The highest BCUT2D eigenvalue weighted by Gasteiger charge is 2.27. The molecule has 0 fully saturated rings. The molecule has 2 aromatic rings. The first kappa shape index (κ1) is 26.3. The Morgan fingerprint density at radius 1 is 1.00 bits per heavy atom. The van der Waals surface area contributed by atoms with E-state index in [0.717, 1.165) is 16.1 Å². The second-order valence-electron chi connectivity index (χ2n) is 8.24. The molecule has 180 valence electrons. The van der Waals surface area contributed by atoms with Crippen molar-refractivity contribution in [2.45, 2.75) is 52.2 Å². The quantitative estimate of drug-likeness (QED) is 0.538. The van der Waals surface area contributed by atoms with E-state index in [2.05, 4.69) is 5.32 Å². The van der Waals surface area contributed by atoms with Gasteiger partial charge in [0.15, 0.2) is 0 Å². The molecule has 7 nitrogen and oxygen atoms in total. The van der Waals surface area contributed by atoms with Crippen molar-refractivity contribution >= 4 is 27.5 Å². The lowest BCUT2D eigenvalue weighted by atomic mass is 10.1. The van der Waals surface area contributed by atoms with E-state index in [9.17, 15) is 22.4 Å². The molecule has 1 N–H and O–H groups in total. The van der Waals surface area contributed by atoms with Crippen molar-refractivity contribution in [2.24, 2.45) is 0 Å². The topological polar surface area (TPSA) is 86.8 Å². The van der Waals surface area contributed by atoms with Crippen LogP contribution in [0.1, 0.15) is 39.2 Å². The molecule has 33 heavy (non-hydrogen) atoms. The van der Waals surface area contributed by atoms with E-state index in [1.807, 2.05) is 44.2 Å². The van der Waals surface area contributed by atoms with Gasteiger partial charge in [0.05, 0.1) is 11.9 Å². The monoisotopic (exact) mass is 477 g/mol. The molecule has 0 aliphatic carbocycles. The fourth-order valence-electron chi connectivity index (χ4n) is 3.40. The van der Waals surface area contributed by atoms with Crippen molar-refractivity contribution in [1.82, 2.24) is 10.2 Å². The number of hydrogen-bond donors (Lipinski definition) is 1. The summed E-state index contributed by atoms with van der Waals surface area (Å²) < 4.78 is 39.7. The lowest BCUT2D eigenvalue weighted by molar-refractivity contribution is -0.140. The highest BCUT2D eigenvalue weighted by molar-refractivity contribution is 7.92. The van der Waals surface area contributed by atoms with E-state index in [4.69, 9.17) is 0 Å². The summed E-state index contributed by atoms with van der Waals surface area (Å²) in [6.45, 7) is 5.54. The molecule has 0 bridgehead atoms. The van der Waals surface area contributed by atoms with Crippen molar-refractivity contribution < 1.29 is 22.4 Å². The van der Waals surface area contributed by atoms with E-state index < -0.39 is 21.9 Å². The molecule has 0 aliphatic heterocycles. The molecule has 0 aliphatic rings. The largest absolute Gasteiger partial charge is 0.352 e. The molecule has 0 saturated heterocycles. The molecule has 1 atom stereocenters. The van der Waals surface area contributed by atoms with Gasteiger partial charge in [0.1, 0.15) is 11.9 Å². The molecular weight excluding hydrogens is 445 g/mol. The number of nitrogens with zero attached hydrogens (tertiary/aromatic N) is 2. The van der Waals surface area contributed by atoms with Crippen LogP contribution < -0.4 is 9.62 Å². The molecule has 2 aromatic carbocycles. The van der Waals surface area contributed by atoms with E-state index in [-0.39, 0.29) is 49.5 Å². The fraction of sp³-hybridized carbons (Fsp3) is 0.417. The Morgan fingerprint density at radius 2 is 1.61 bits per heavy atom. The Kier molecular flexibility index (Phi) is 9.40. The standard InChI is InChI=1S/C24H32FN3O4S/c1-18(2)26-24(30)19(3)27(17-20-11-6-5-7-12-20)23(29)15-10-16-28(33(4,31)32)22-14-9-8-13-21(22)25/h5-9,11-14,18-19H,10,15-17H2,1-4H3,(H,26,30)/t19-/m1/s1. The smallest absolute Gasteiger partial charge is 0.242 e. The molecule has 0 spiro atoms. The van der Waals surface area contributed by atoms with Crippen LogP contribution in [0.2, 0.25) is 0 Å². The van der Waals surface area contributed by atoms with Gasteiger partial charge in [-0.2, -0.15) is 0 Å². The van der Waals surface area contributed by atoms with Crippen molar-refractivity contribution in [1.29, 1.82) is 0 Å². The lowest BCUT2D eigenvalue weighted by Gasteiger charge is -2.30. The van der Waals surface area contributed by atoms with E-state index >= 15 is 0 Å². The Hall–Kier alpha value is -2.94. The van der Waals surface area contributed by atoms with Gasteiger partial charge in [0, 0.05) is 25.6 Å². The first-order valence-corrected chi connectivity index (χ1v) is 12.7. The lowest BCUT2D eigenvalue weighted by Crippen LogP contribution is -2.49. The average Bonchev–Trinajstić information content (AvgIpc) is 2.74. The number of nitrogens with one attached hydrogen (secondary N) is 1. The maximum atomic E-state index is 14.2. The van der Waals surface area contributed by atoms with Gasteiger partial charge in [-0.05, 0) is 44.9 Å². The minimum absolute atomic E-state index is 0.00655. The minimum Gasteiger partial charge on any atom is -0.352 e. The number of amides is 2. The summed E-state index contributed by atoms with van der Waals surface area (Å²) in [5, 5.41) is 2.82. The van der Waals surface area contributed by atoms with Crippen molar-refractivity contribution in [3.8, 4) is 0 Å². The predicted octanol–water partition coefficient (Wildman–Crippen LogP) is 3.31. The molecule has 0 unspecified atom stereocenters. The zero-order valence-corrected chi connectivity index (χ0v) is 20.3. The summed E-state index contributed by atoms with van der Waals surface area (Å²) in [7, 11) is -3.75. The molecule has 0 radical (unpaired) electrons. The van der Waals surface area contributed by atoms with E-state index in [1.54, 1.807) is 13.0 Å². The number of benzene rings is 2. The summed E-state index contributed by atoms with van der Waals surface area (Å²) in [6.07, 6.45) is 1.18. The fourth-order valence-corrected chi connectivity index (χ4v) is 4.37. The normalized spacial score (nSPS) is 12.3. The van der Waals surface area contributed by atoms with Gasteiger partial charge in [0.25, 0.3) is 0 Å². The van der Waals surface area contributed by atoms with Crippen LogP contribution in [-0.2, 0) is 26.2 Å². The number of hydrogen-bond acceptors (Lipinski definition) is 4. The third-order valence-electron chi connectivity index (χ3n) is 5.07. The number of halogens is 1. The molecule has 0 saturated carbocycles. The zero-order chi connectivity index (χ0) is 24.6. The van der Waals surface area contributed by atoms with Gasteiger partial charge < -0.3 is 10.2 Å². The summed E-state index contributed by atoms with van der Waals surface area (Å²) in [5.74, 6) is -1.20. The predicted molar refractivity (Wildman–Crippen MR) is 128 cm³/mol. The van der Waals surface area contributed by atoms with Crippen LogP contribution in [0.5, 0.6) is 0 Å². The van der Waals surface area contributed by atoms with Gasteiger partial charge in [-0.1, -0.05) is 42.5 Å². The molecule has 0 aromatic heterocycles. The Labute approximate surface area is 195 Å². The summed E-state index contributed by atoms with van der Waals surface area (Å²) in [4.78, 5) is 27.2. The molecular formula is C24H32FN3O4S.